The highest BCUT2D eigenvalue weighted by Gasteiger charge is 2.18. The van der Waals surface area contributed by atoms with Crippen molar-refractivity contribution in [1.29, 1.82) is 0 Å². The van der Waals surface area contributed by atoms with Crippen LogP contribution in [0, 0.1) is 18.6 Å². The normalized spacial score (nSPS) is 12.8. The molecule has 0 aliphatic heterocycles. The molecule has 0 aromatic heterocycles. The Hall–Kier alpha value is -1.04. The highest BCUT2D eigenvalue weighted by Crippen LogP contribution is 2.22. The summed E-state index contributed by atoms with van der Waals surface area (Å²) in [6.07, 6.45) is -1.20. The summed E-state index contributed by atoms with van der Waals surface area (Å²) < 4.78 is 31.8. The number of aliphatic hydroxyl groups is 1. The van der Waals surface area contributed by atoms with E-state index in [1.165, 1.54) is 13.0 Å². The minimum Gasteiger partial charge on any atom is -0.387 e. The van der Waals surface area contributed by atoms with Gasteiger partial charge in [0.25, 0.3) is 0 Å². The highest BCUT2D eigenvalue weighted by molar-refractivity contribution is 5.28. The van der Waals surface area contributed by atoms with E-state index in [4.69, 9.17) is 4.74 Å². The smallest absolute Gasteiger partial charge is 0.134 e. The molecule has 0 fully saturated rings. The molecule has 0 saturated heterocycles. The van der Waals surface area contributed by atoms with Gasteiger partial charge in [0.2, 0.25) is 0 Å². The van der Waals surface area contributed by atoms with Crippen molar-refractivity contribution < 1.29 is 18.6 Å². The Morgan fingerprint density at radius 3 is 2.76 bits per heavy atom. The van der Waals surface area contributed by atoms with Crippen molar-refractivity contribution in [3.8, 4) is 0 Å². The molecule has 5 heteroatoms. The van der Waals surface area contributed by atoms with Crippen LogP contribution in [0.15, 0.2) is 12.1 Å². The van der Waals surface area contributed by atoms with Gasteiger partial charge in [0.15, 0.2) is 0 Å². The minimum atomic E-state index is -1.20. The third-order valence-electron chi connectivity index (χ3n) is 2.47. The van der Waals surface area contributed by atoms with Gasteiger partial charge in [-0.05, 0) is 18.6 Å². The van der Waals surface area contributed by atoms with E-state index in [0.29, 0.717) is 18.7 Å². The highest BCUT2D eigenvalue weighted by atomic mass is 19.1. The molecule has 96 valence electrons. The number of halogens is 2. The first-order valence-electron chi connectivity index (χ1n) is 5.40. The quantitative estimate of drug-likeness (QED) is 0.747. The molecular formula is C12H17F2NO2. The molecule has 2 N–H and O–H groups in total. The maximum atomic E-state index is 13.6. The molecule has 1 aromatic carbocycles. The Balaban J connectivity index is 2.68. The Kier molecular flexibility index (Phi) is 5.47. The molecule has 1 unspecified atom stereocenters. The van der Waals surface area contributed by atoms with Crippen molar-refractivity contribution in [1.82, 2.24) is 5.32 Å². The summed E-state index contributed by atoms with van der Waals surface area (Å²) >= 11 is 0. The number of hydrogen-bond donors (Lipinski definition) is 2. The Morgan fingerprint density at radius 1 is 1.41 bits per heavy atom. The van der Waals surface area contributed by atoms with E-state index in [1.54, 1.807) is 7.11 Å². The largest absolute Gasteiger partial charge is 0.387 e. The second kappa shape index (κ2) is 6.64. The van der Waals surface area contributed by atoms with Gasteiger partial charge in [-0.2, -0.15) is 0 Å². The molecule has 0 bridgehead atoms. The molecule has 1 atom stereocenters. The lowest BCUT2D eigenvalue weighted by molar-refractivity contribution is 0.154. The number of hydrogen-bond acceptors (Lipinski definition) is 3. The maximum absolute atomic E-state index is 13.6. The van der Waals surface area contributed by atoms with Gasteiger partial charge in [0, 0.05) is 20.2 Å². The zero-order chi connectivity index (χ0) is 12.8. The van der Waals surface area contributed by atoms with E-state index >= 15 is 0 Å². The Morgan fingerprint density at radius 2 is 2.12 bits per heavy atom. The van der Waals surface area contributed by atoms with Gasteiger partial charge in [-0.3, -0.25) is 0 Å². The average Bonchev–Trinajstić information content (AvgIpc) is 2.30. The third-order valence-corrected chi connectivity index (χ3v) is 2.47. The van der Waals surface area contributed by atoms with Crippen LogP contribution in [0.4, 0.5) is 8.78 Å². The molecule has 3 nitrogen and oxygen atoms in total. The number of methoxy groups -OCH3 is 1. The van der Waals surface area contributed by atoms with E-state index in [9.17, 15) is 13.9 Å². The van der Waals surface area contributed by atoms with Crippen molar-refractivity contribution >= 4 is 0 Å². The predicted molar refractivity (Wildman–Crippen MR) is 60.8 cm³/mol. The van der Waals surface area contributed by atoms with Crippen LogP contribution in [0.1, 0.15) is 17.2 Å². The van der Waals surface area contributed by atoms with E-state index in [2.05, 4.69) is 5.32 Å². The van der Waals surface area contributed by atoms with Gasteiger partial charge in [0.1, 0.15) is 11.6 Å². The van der Waals surface area contributed by atoms with E-state index in [0.717, 1.165) is 6.07 Å². The molecule has 0 aliphatic rings. The number of ether oxygens (including phenoxy) is 1. The summed E-state index contributed by atoms with van der Waals surface area (Å²) in [5.74, 6) is -1.42. The molecule has 0 radical (unpaired) electrons. The molecule has 0 amide bonds. The summed E-state index contributed by atoms with van der Waals surface area (Å²) in [6, 6.07) is 2.51. The van der Waals surface area contributed by atoms with Crippen molar-refractivity contribution in [2.75, 3.05) is 26.8 Å². The number of aryl methyl sites for hydroxylation is 1. The van der Waals surface area contributed by atoms with Crippen LogP contribution in [0.2, 0.25) is 0 Å². The topological polar surface area (TPSA) is 41.5 Å². The lowest BCUT2D eigenvalue weighted by atomic mass is 10.0. The molecule has 1 rings (SSSR count). The molecule has 0 spiro atoms. The first-order valence-corrected chi connectivity index (χ1v) is 5.40. The number of aliphatic hydroxyl groups excluding tert-OH is 1. The van der Waals surface area contributed by atoms with Gasteiger partial charge in [-0.25, -0.2) is 8.78 Å². The Bertz CT molecular complexity index is 372. The van der Waals surface area contributed by atoms with Crippen molar-refractivity contribution in [2.45, 2.75) is 13.0 Å². The zero-order valence-corrected chi connectivity index (χ0v) is 9.96. The summed E-state index contributed by atoms with van der Waals surface area (Å²) in [6.45, 7) is 2.61. The van der Waals surface area contributed by atoms with Crippen LogP contribution < -0.4 is 5.32 Å². The summed E-state index contributed by atoms with van der Waals surface area (Å²) in [4.78, 5) is 0. The van der Waals surface area contributed by atoms with Crippen LogP contribution in [-0.2, 0) is 4.74 Å². The lowest BCUT2D eigenvalue weighted by Gasteiger charge is -2.14. The standard InChI is InChI=1S/C12H17F2NO2/c1-8-3-4-9(13)11(12(8)14)10(16)7-15-5-6-17-2/h3-4,10,15-16H,5-7H2,1-2H3. The third kappa shape index (κ3) is 3.73. The molecule has 0 heterocycles. The first kappa shape index (κ1) is 14.0. The van der Waals surface area contributed by atoms with Crippen molar-refractivity contribution in [2.24, 2.45) is 0 Å². The number of benzene rings is 1. The van der Waals surface area contributed by atoms with Gasteiger partial charge < -0.3 is 15.2 Å². The second-order valence-electron chi connectivity index (χ2n) is 3.80. The van der Waals surface area contributed by atoms with Gasteiger partial charge in [-0.15, -0.1) is 0 Å². The lowest BCUT2D eigenvalue weighted by Crippen LogP contribution is -2.26. The second-order valence-corrected chi connectivity index (χ2v) is 3.80. The minimum absolute atomic E-state index is 0.0840. The fourth-order valence-corrected chi connectivity index (χ4v) is 1.50. The van der Waals surface area contributed by atoms with E-state index in [1.807, 2.05) is 0 Å². The monoisotopic (exact) mass is 245 g/mol. The van der Waals surface area contributed by atoms with Crippen LogP contribution >= 0.6 is 0 Å². The zero-order valence-electron chi connectivity index (χ0n) is 9.96. The van der Waals surface area contributed by atoms with Crippen LogP contribution in [0.3, 0.4) is 0 Å². The van der Waals surface area contributed by atoms with Gasteiger partial charge in [-0.1, -0.05) is 6.07 Å². The molecule has 0 saturated carbocycles. The van der Waals surface area contributed by atoms with E-state index in [-0.39, 0.29) is 12.1 Å². The van der Waals surface area contributed by atoms with Gasteiger partial charge in [0.05, 0.1) is 18.3 Å². The molecular weight excluding hydrogens is 228 g/mol. The number of rotatable bonds is 6. The van der Waals surface area contributed by atoms with Crippen LogP contribution in [0.5, 0.6) is 0 Å². The SMILES string of the molecule is COCCNCC(O)c1c(F)ccc(C)c1F. The first-order chi connectivity index (χ1) is 8.07. The predicted octanol–water partition coefficient (Wildman–Crippen LogP) is 1.54. The summed E-state index contributed by atoms with van der Waals surface area (Å²) in [7, 11) is 1.55. The Labute approximate surface area is 99.4 Å². The number of nitrogens with one attached hydrogen (secondary N) is 1. The molecule has 0 aliphatic carbocycles. The fraction of sp³-hybridized carbons (Fsp3) is 0.500. The molecule has 1 aromatic rings. The maximum Gasteiger partial charge on any atom is 0.134 e. The fourth-order valence-electron chi connectivity index (χ4n) is 1.50. The van der Waals surface area contributed by atoms with Crippen molar-refractivity contribution in [3.05, 3.63) is 34.9 Å². The van der Waals surface area contributed by atoms with Gasteiger partial charge >= 0.3 is 0 Å². The van der Waals surface area contributed by atoms with Crippen molar-refractivity contribution in [3.63, 3.8) is 0 Å². The van der Waals surface area contributed by atoms with E-state index < -0.39 is 17.7 Å². The average molecular weight is 245 g/mol. The molecule has 17 heavy (non-hydrogen) atoms. The van der Waals surface area contributed by atoms with Crippen LogP contribution in [0.25, 0.3) is 0 Å². The van der Waals surface area contributed by atoms with Crippen LogP contribution in [-0.4, -0.2) is 31.9 Å². The summed E-state index contributed by atoms with van der Waals surface area (Å²) in [5, 5.41) is 12.6. The summed E-state index contributed by atoms with van der Waals surface area (Å²) in [5.41, 5.74) is 0.0345.